The fourth-order valence-corrected chi connectivity index (χ4v) is 10.7. The van der Waals surface area contributed by atoms with Crippen LogP contribution in [0, 0.1) is 23.2 Å². The van der Waals surface area contributed by atoms with Gasteiger partial charge in [-0.3, -0.25) is 48.2 Å². The normalized spacial score (nSPS) is 20.4. The summed E-state index contributed by atoms with van der Waals surface area (Å²) in [5.74, 6) is -6.38. The van der Waals surface area contributed by atoms with E-state index in [0.717, 1.165) is 5.56 Å². The lowest BCUT2D eigenvalue weighted by Crippen LogP contribution is -2.55. The van der Waals surface area contributed by atoms with Gasteiger partial charge >= 0.3 is 17.9 Å². The highest BCUT2D eigenvalue weighted by molar-refractivity contribution is 7.85. The summed E-state index contributed by atoms with van der Waals surface area (Å²) in [6, 6.07) is 9.33. The van der Waals surface area contributed by atoms with Crippen LogP contribution in [0.4, 0.5) is 0 Å². The Morgan fingerprint density at radius 1 is 0.745 bits per heavy atom. The van der Waals surface area contributed by atoms with Crippen LogP contribution < -0.4 is 42.0 Å². The van der Waals surface area contributed by atoms with Crippen molar-refractivity contribution in [2.45, 2.75) is 174 Å². The highest BCUT2D eigenvalue weighted by Crippen LogP contribution is 2.45. The number of ether oxygens (including phenoxy) is 8. The number of hydrogen-bond acceptors (Lipinski definition) is 21. The number of nitrogens with one attached hydrogen (secondary N) is 7. The van der Waals surface area contributed by atoms with E-state index in [2.05, 4.69) is 37.2 Å². The molecule has 0 saturated carbocycles. The number of amides is 6. The Labute approximate surface area is 579 Å². The lowest BCUT2D eigenvalue weighted by molar-refractivity contribution is -0.179. The number of carboxylic acid groups (broad SMARTS) is 1. The molecular formula is C67H102ClN7O22S. The standard InChI is InChI=1S/C67H102ClN7O22S/c1-42(2)37-53-65(85)95-51(14-11-15-56(78)73-50(39-46-20-23-52(90-8)48(68)38-46)63(83)72-41-67(6,7)66(86)96-53)44(5)60-61(97-60)47-21-18-45(19-22-47)40-71-62(82)49(74-64(84)59(43(3)4)75-57(79)16-12-17-58(80)81)13-9-10-26-69-54(76)24-28-91-30-32-93-34-35-94-33-31-92-29-25-55(77)70-27-36-98(87,88)89/h11,15,18-23,38,42-44,49-51,53,56,59-61,73,78H,9-10,12-14,16-17,24-37,39-41H2,1-8H3,(H,69,76)(H,70,77)(H,71,82)(H,72,83)(H,74,84)(H,75,79)(H,80,81)(H,87,88,89)/b15-11+/t44-,49-,50+,51-,53-,56?,59-,60+,61+/m0/s1. The summed E-state index contributed by atoms with van der Waals surface area (Å²) >= 11 is 6.42. The number of aliphatic hydroxyl groups excluding tert-OH is 1. The summed E-state index contributed by atoms with van der Waals surface area (Å²) in [6.45, 7) is 14.0. The number of carboxylic acids is 1. The number of methoxy groups -OCH3 is 1. The molecule has 0 aromatic heterocycles. The van der Waals surface area contributed by atoms with Crippen molar-refractivity contribution in [3.63, 3.8) is 0 Å². The van der Waals surface area contributed by atoms with Gasteiger partial charge in [-0.15, -0.1) is 0 Å². The van der Waals surface area contributed by atoms with Crippen molar-refractivity contribution < 1.29 is 104 Å². The van der Waals surface area contributed by atoms with Crippen LogP contribution in [0.5, 0.6) is 5.75 Å². The van der Waals surface area contributed by atoms with Crippen molar-refractivity contribution in [2.24, 2.45) is 23.2 Å². The Morgan fingerprint density at radius 3 is 1.94 bits per heavy atom. The van der Waals surface area contributed by atoms with Crippen LogP contribution >= 0.6 is 11.6 Å². The largest absolute Gasteiger partial charge is 0.495 e. The lowest BCUT2D eigenvalue weighted by Gasteiger charge is -2.30. The SMILES string of the molecule is COc1ccc(C[C@H]2NC(O)/C=C/C[C@@H]([C@H](C)[C@H]3O[C@@H]3c3ccc(CNC(=O)[C@H](CCCCNC(=O)CCOCCOCCOCCOCCC(=O)NCCS(=O)(=O)O)NC(=O)[C@@H](NC(=O)CCCC(=O)O)C(C)C)cc3)OC(=O)[C@H](CC(C)C)OC(=O)C(C)(C)CNC2=O)cc1Cl. The zero-order chi connectivity index (χ0) is 72.4. The molecule has 2 heterocycles. The van der Waals surface area contributed by atoms with Crippen LogP contribution in [-0.2, 0) is 99.4 Å². The molecular weight excluding hydrogens is 1320 g/mol. The molecule has 1 fully saturated rings. The summed E-state index contributed by atoms with van der Waals surface area (Å²) in [7, 11) is -2.67. The third kappa shape index (κ3) is 32.9. The van der Waals surface area contributed by atoms with Crippen LogP contribution in [0.15, 0.2) is 54.6 Å². The number of epoxide rings is 1. The molecule has 29 nitrogen and oxygen atoms in total. The number of carbonyl (C=O) groups is 9. The molecule has 1 unspecified atom stereocenters. The Bertz CT molecular complexity index is 3030. The molecule has 0 radical (unpaired) electrons. The number of aliphatic carboxylic acids is 1. The van der Waals surface area contributed by atoms with E-state index in [1.165, 1.54) is 13.2 Å². The van der Waals surface area contributed by atoms with Gasteiger partial charge in [0.25, 0.3) is 10.1 Å². The zero-order valence-electron chi connectivity index (χ0n) is 57.4. The lowest BCUT2D eigenvalue weighted by atomic mass is 9.92. The molecule has 2 aromatic rings. The Morgan fingerprint density at radius 2 is 1.36 bits per heavy atom. The van der Waals surface area contributed by atoms with Gasteiger partial charge in [0.15, 0.2) is 6.10 Å². The van der Waals surface area contributed by atoms with E-state index in [4.69, 9.17) is 59.2 Å². The molecule has 2 aliphatic rings. The van der Waals surface area contributed by atoms with E-state index in [1.54, 1.807) is 52.0 Å². The zero-order valence-corrected chi connectivity index (χ0v) is 59.0. The monoisotopic (exact) mass is 1420 g/mol. The summed E-state index contributed by atoms with van der Waals surface area (Å²) in [5.41, 5.74) is 0.888. The van der Waals surface area contributed by atoms with Gasteiger partial charge in [0, 0.05) is 64.2 Å². The number of carbonyl (C=O) groups excluding carboxylic acids is 8. The Balaban J connectivity index is 1.32. The summed E-state index contributed by atoms with van der Waals surface area (Å²) < 4.78 is 75.5. The predicted octanol–water partition coefficient (Wildman–Crippen LogP) is 3.55. The molecule has 1 saturated heterocycles. The number of aliphatic hydroxyl groups is 1. The number of esters is 2. The van der Waals surface area contributed by atoms with Crippen molar-refractivity contribution >= 4 is 75.1 Å². The van der Waals surface area contributed by atoms with Gasteiger partial charge in [0.1, 0.15) is 36.3 Å². The highest BCUT2D eigenvalue weighted by atomic mass is 35.5. The molecule has 2 aliphatic heterocycles. The van der Waals surface area contributed by atoms with Crippen LogP contribution in [0.3, 0.4) is 0 Å². The molecule has 2 aromatic carbocycles. The third-order valence-electron chi connectivity index (χ3n) is 15.8. The maximum atomic E-state index is 14.1. The molecule has 0 bridgehead atoms. The minimum absolute atomic E-state index is 0.0176. The second kappa shape index (κ2) is 43.6. The first kappa shape index (κ1) is 83.5. The van der Waals surface area contributed by atoms with E-state index in [0.29, 0.717) is 34.7 Å². The van der Waals surface area contributed by atoms with E-state index < -0.39 is 129 Å². The van der Waals surface area contributed by atoms with Gasteiger partial charge in [0.05, 0.1) is 88.3 Å². The van der Waals surface area contributed by atoms with E-state index in [9.17, 15) is 56.7 Å². The average molecular weight is 1430 g/mol. The first-order chi connectivity index (χ1) is 46.5. The second-order valence-corrected chi connectivity index (χ2v) is 27.4. The van der Waals surface area contributed by atoms with Crippen molar-refractivity contribution in [3.05, 3.63) is 76.3 Å². The summed E-state index contributed by atoms with van der Waals surface area (Å²) in [5, 5.41) is 40.0. The molecule has 0 spiro atoms. The number of halogens is 1. The molecule has 9 atom stereocenters. The van der Waals surface area contributed by atoms with Gasteiger partial charge in [0.2, 0.25) is 35.4 Å². The third-order valence-corrected chi connectivity index (χ3v) is 16.9. The molecule has 98 heavy (non-hydrogen) atoms. The van der Waals surface area contributed by atoms with Gasteiger partial charge < -0.3 is 80.0 Å². The van der Waals surface area contributed by atoms with Gasteiger partial charge in [-0.25, -0.2) is 4.79 Å². The molecule has 550 valence electrons. The number of unbranched alkanes of at least 4 members (excludes halogenated alkanes) is 1. The van der Waals surface area contributed by atoms with Crippen molar-refractivity contribution in [1.29, 1.82) is 0 Å². The first-order valence-corrected chi connectivity index (χ1v) is 35.2. The van der Waals surface area contributed by atoms with Crippen molar-refractivity contribution in [3.8, 4) is 5.75 Å². The fourth-order valence-electron chi connectivity index (χ4n) is 10.1. The van der Waals surface area contributed by atoms with Gasteiger partial charge in [-0.05, 0) is 99.1 Å². The van der Waals surface area contributed by atoms with E-state index >= 15 is 0 Å². The van der Waals surface area contributed by atoms with Crippen LogP contribution in [-0.4, -0.2) is 205 Å². The molecule has 6 amide bonds. The Kier molecular flexibility index (Phi) is 37.2. The minimum atomic E-state index is -4.15. The quantitative estimate of drug-likeness (QED) is 0.0149. The van der Waals surface area contributed by atoms with Gasteiger partial charge in [-0.2, -0.15) is 8.42 Å². The van der Waals surface area contributed by atoms with Gasteiger partial charge in [-0.1, -0.05) is 82.6 Å². The topological polar surface area (TPSA) is 410 Å². The van der Waals surface area contributed by atoms with Crippen molar-refractivity contribution in [1.82, 2.24) is 37.2 Å². The van der Waals surface area contributed by atoms with Crippen LogP contribution in [0.25, 0.3) is 0 Å². The fraction of sp³-hybridized carbons (Fsp3) is 0.657. The van der Waals surface area contributed by atoms with Crippen molar-refractivity contribution in [2.75, 3.05) is 85.4 Å². The summed E-state index contributed by atoms with van der Waals surface area (Å²) in [4.78, 5) is 118. The second-order valence-electron chi connectivity index (χ2n) is 25.5. The van der Waals surface area contributed by atoms with E-state index in [1.807, 2.05) is 45.0 Å². The first-order valence-electron chi connectivity index (χ1n) is 33.2. The number of rotatable bonds is 42. The molecule has 0 aliphatic carbocycles. The highest BCUT2D eigenvalue weighted by Gasteiger charge is 2.48. The Hall–Kier alpha value is -6.87. The average Bonchev–Trinajstić information content (AvgIpc) is 1.62. The summed E-state index contributed by atoms with van der Waals surface area (Å²) in [6.07, 6.45) is 0.0250. The molecule has 4 rings (SSSR count). The number of cyclic esters (lactones) is 2. The van der Waals surface area contributed by atoms with Crippen LogP contribution in [0.2, 0.25) is 5.02 Å². The molecule has 10 N–H and O–H groups in total. The maximum Gasteiger partial charge on any atom is 0.347 e. The smallest absolute Gasteiger partial charge is 0.347 e. The maximum absolute atomic E-state index is 14.1. The predicted molar refractivity (Wildman–Crippen MR) is 358 cm³/mol. The number of hydrogen-bond donors (Lipinski definition) is 10. The van der Waals surface area contributed by atoms with Crippen LogP contribution in [0.1, 0.15) is 135 Å². The number of benzene rings is 2. The molecule has 31 heteroatoms. The minimum Gasteiger partial charge on any atom is -0.495 e. The van der Waals surface area contributed by atoms with E-state index in [-0.39, 0.29) is 149 Å².